The third kappa shape index (κ3) is 3.49. The number of aromatic nitrogens is 2. The van der Waals surface area contributed by atoms with E-state index in [1.807, 2.05) is 19.9 Å². The smallest absolute Gasteiger partial charge is 0.255 e. The van der Waals surface area contributed by atoms with E-state index in [9.17, 15) is 14.4 Å². The predicted molar refractivity (Wildman–Crippen MR) is 104 cm³/mol. The van der Waals surface area contributed by atoms with E-state index in [1.165, 1.54) is 11.3 Å². The second kappa shape index (κ2) is 7.31. The summed E-state index contributed by atoms with van der Waals surface area (Å²) in [7, 11) is 0. The van der Waals surface area contributed by atoms with Crippen LogP contribution in [0.1, 0.15) is 59.6 Å². The van der Waals surface area contributed by atoms with Gasteiger partial charge in [-0.15, -0.1) is 10.2 Å². The molecule has 1 saturated carbocycles. The quantitative estimate of drug-likeness (QED) is 0.774. The van der Waals surface area contributed by atoms with Crippen molar-refractivity contribution in [2.45, 2.75) is 44.7 Å². The number of hydrogen-bond acceptors (Lipinski definition) is 6. The van der Waals surface area contributed by atoms with Gasteiger partial charge in [0.15, 0.2) is 0 Å². The van der Waals surface area contributed by atoms with Crippen molar-refractivity contribution >= 4 is 34.2 Å². The molecule has 1 aromatic heterocycles. The average Bonchev–Trinajstić information content (AvgIpc) is 3.33. The normalized spacial score (nSPS) is 18.3. The molecular weight excluding hydrogens is 378 g/mol. The molecule has 8 nitrogen and oxygen atoms in total. The predicted octanol–water partition coefficient (Wildman–Crippen LogP) is 2.08. The molecule has 146 valence electrons. The van der Waals surface area contributed by atoms with Gasteiger partial charge >= 0.3 is 0 Å². The number of amides is 3. The maximum atomic E-state index is 12.8. The highest BCUT2D eigenvalue weighted by atomic mass is 32.1. The molecule has 2 aromatic rings. The molecule has 3 amide bonds. The van der Waals surface area contributed by atoms with E-state index in [1.54, 1.807) is 23.1 Å². The molecule has 0 bridgehead atoms. The van der Waals surface area contributed by atoms with Crippen molar-refractivity contribution in [3.63, 3.8) is 0 Å². The van der Waals surface area contributed by atoms with Crippen molar-refractivity contribution in [1.29, 1.82) is 0 Å². The minimum Gasteiger partial charge on any atom is -0.345 e. The average molecular weight is 399 g/mol. The minimum atomic E-state index is -0.682. The van der Waals surface area contributed by atoms with Crippen LogP contribution in [-0.2, 0) is 9.59 Å². The molecule has 2 aliphatic rings. The van der Waals surface area contributed by atoms with Gasteiger partial charge in [0.05, 0.1) is 6.54 Å². The van der Waals surface area contributed by atoms with Crippen LogP contribution in [0.25, 0.3) is 0 Å². The summed E-state index contributed by atoms with van der Waals surface area (Å²) in [6.45, 7) is 3.80. The van der Waals surface area contributed by atoms with Crippen molar-refractivity contribution < 1.29 is 14.4 Å². The summed E-state index contributed by atoms with van der Waals surface area (Å²) >= 11 is 1.31. The van der Waals surface area contributed by atoms with Gasteiger partial charge in [0.2, 0.25) is 16.9 Å². The fourth-order valence-corrected chi connectivity index (χ4v) is 4.04. The molecule has 1 fully saturated rings. The number of hydrogen-bond donors (Lipinski definition) is 2. The second-order valence-corrected chi connectivity index (χ2v) is 8.31. The highest BCUT2D eigenvalue weighted by Gasteiger charge is 2.47. The lowest BCUT2D eigenvalue weighted by atomic mass is 10.0. The van der Waals surface area contributed by atoms with Crippen LogP contribution >= 0.6 is 11.3 Å². The van der Waals surface area contributed by atoms with Gasteiger partial charge in [0.1, 0.15) is 11.0 Å². The van der Waals surface area contributed by atoms with Crippen LogP contribution in [-0.4, -0.2) is 45.4 Å². The number of benzene rings is 1. The van der Waals surface area contributed by atoms with Crippen molar-refractivity contribution in [2.75, 3.05) is 11.9 Å². The molecule has 2 heterocycles. The summed E-state index contributed by atoms with van der Waals surface area (Å²) in [5.74, 6) is -0.607. The molecule has 0 spiro atoms. The Balaban J connectivity index is 1.41. The van der Waals surface area contributed by atoms with Crippen LogP contribution < -0.4 is 10.6 Å². The number of rotatable bonds is 6. The SMILES string of the molecule is CC(C)c1nnc(NC(=O)CNC(=O)[C@@H]2c3ccccc3C(=O)N2C2CC2)s1. The Hall–Kier alpha value is -2.81. The molecule has 0 unspecified atom stereocenters. The molecule has 28 heavy (non-hydrogen) atoms. The maximum Gasteiger partial charge on any atom is 0.255 e. The van der Waals surface area contributed by atoms with E-state index in [-0.39, 0.29) is 36.2 Å². The monoisotopic (exact) mass is 399 g/mol. The van der Waals surface area contributed by atoms with E-state index in [0.29, 0.717) is 16.3 Å². The molecule has 4 rings (SSSR count). The van der Waals surface area contributed by atoms with Gasteiger partial charge in [-0.2, -0.15) is 0 Å². The van der Waals surface area contributed by atoms with E-state index >= 15 is 0 Å². The lowest BCUT2D eigenvalue weighted by Gasteiger charge is -2.24. The van der Waals surface area contributed by atoms with E-state index < -0.39 is 6.04 Å². The fraction of sp³-hybridized carbons (Fsp3) is 0.421. The van der Waals surface area contributed by atoms with Crippen LogP contribution in [0, 0.1) is 0 Å². The number of carbonyl (C=O) groups is 3. The molecule has 0 saturated heterocycles. The van der Waals surface area contributed by atoms with Crippen LogP contribution in [0.4, 0.5) is 5.13 Å². The summed E-state index contributed by atoms with van der Waals surface area (Å²) in [4.78, 5) is 39.4. The molecule has 1 aliphatic carbocycles. The third-order valence-corrected chi connectivity index (χ3v) is 5.93. The van der Waals surface area contributed by atoms with Gasteiger partial charge in [0.25, 0.3) is 5.91 Å². The Bertz CT molecular complexity index is 937. The first-order valence-electron chi connectivity index (χ1n) is 9.28. The Morgan fingerprint density at radius 1 is 1.25 bits per heavy atom. The van der Waals surface area contributed by atoms with Crippen LogP contribution in [0.5, 0.6) is 0 Å². The summed E-state index contributed by atoms with van der Waals surface area (Å²) in [5, 5.41) is 14.5. The van der Waals surface area contributed by atoms with Gasteiger partial charge in [-0.25, -0.2) is 0 Å². The van der Waals surface area contributed by atoms with Gasteiger partial charge in [-0.1, -0.05) is 43.4 Å². The van der Waals surface area contributed by atoms with Crippen LogP contribution in [0.15, 0.2) is 24.3 Å². The summed E-state index contributed by atoms with van der Waals surface area (Å²) < 4.78 is 0. The van der Waals surface area contributed by atoms with Crippen molar-refractivity contribution in [3.05, 3.63) is 40.4 Å². The number of nitrogens with one attached hydrogen (secondary N) is 2. The Morgan fingerprint density at radius 2 is 2.00 bits per heavy atom. The number of carbonyl (C=O) groups excluding carboxylic acids is 3. The number of fused-ring (bicyclic) bond motifs is 1. The Kier molecular flexibility index (Phi) is 4.84. The first-order valence-corrected chi connectivity index (χ1v) is 10.1. The lowest BCUT2D eigenvalue weighted by molar-refractivity contribution is -0.127. The van der Waals surface area contributed by atoms with Gasteiger partial charge in [-0.3, -0.25) is 19.7 Å². The molecule has 1 aliphatic heterocycles. The topological polar surface area (TPSA) is 104 Å². The summed E-state index contributed by atoms with van der Waals surface area (Å²) in [6.07, 6.45) is 1.80. The van der Waals surface area contributed by atoms with E-state index in [0.717, 1.165) is 17.8 Å². The van der Waals surface area contributed by atoms with E-state index in [4.69, 9.17) is 0 Å². The fourth-order valence-electron chi connectivity index (χ4n) is 3.28. The third-order valence-electron chi connectivity index (χ3n) is 4.79. The van der Waals surface area contributed by atoms with Crippen LogP contribution in [0.3, 0.4) is 0 Å². The lowest BCUT2D eigenvalue weighted by Crippen LogP contribution is -2.42. The van der Waals surface area contributed by atoms with E-state index in [2.05, 4.69) is 20.8 Å². The van der Waals surface area contributed by atoms with Crippen molar-refractivity contribution in [1.82, 2.24) is 20.4 Å². The largest absolute Gasteiger partial charge is 0.345 e. The van der Waals surface area contributed by atoms with Gasteiger partial charge in [0, 0.05) is 17.5 Å². The molecular formula is C19H21N5O3S. The van der Waals surface area contributed by atoms with Gasteiger partial charge in [-0.05, 0) is 24.5 Å². The first-order chi connectivity index (χ1) is 13.5. The molecule has 1 aromatic carbocycles. The Labute approximate surface area is 166 Å². The zero-order valence-electron chi connectivity index (χ0n) is 15.6. The minimum absolute atomic E-state index is 0.0975. The first kappa shape index (κ1) is 18.5. The number of anilines is 1. The highest BCUT2D eigenvalue weighted by Crippen LogP contribution is 2.41. The zero-order valence-corrected chi connectivity index (χ0v) is 16.5. The van der Waals surface area contributed by atoms with Crippen molar-refractivity contribution in [3.8, 4) is 0 Å². The molecule has 2 N–H and O–H groups in total. The Morgan fingerprint density at radius 3 is 2.68 bits per heavy atom. The van der Waals surface area contributed by atoms with Crippen molar-refractivity contribution in [2.24, 2.45) is 0 Å². The molecule has 9 heteroatoms. The summed E-state index contributed by atoms with van der Waals surface area (Å²) in [5.41, 5.74) is 1.26. The second-order valence-electron chi connectivity index (χ2n) is 7.30. The zero-order chi connectivity index (χ0) is 19.8. The standard InChI is InChI=1S/C19H21N5O3S/c1-10(2)17-22-23-19(28-17)21-14(25)9-20-16(26)15-12-5-3-4-6-13(12)18(27)24(15)11-7-8-11/h3-6,10-11,15H,7-9H2,1-2H3,(H,20,26)(H,21,23,25)/t15-/m0/s1. The summed E-state index contributed by atoms with van der Waals surface area (Å²) in [6, 6.07) is 6.57. The van der Waals surface area contributed by atoms with Gasteiger partial charge < -0.3 is 10.2 Å². The molecule has 1 atom stereocenters. The molecule has 0 radical (unpaired) electrons. The number of nitrogens with zero attached hydrogens (tertiary/aromatic N) is 3. The van der Waals surface area contributed by atoms with Crippen LogP contribution in [0.2, 0.25) is 0 Å². The maximum absolute atomic E-state index is 12.8. The highest BCUT2D eigenvalue weighted by molar-refractivity contribution is 7.15.